The molecule has 0 spiro atoms. The van der Waals surface area contributed by atoms with Crippen LogP contribution in [0.4, 0.5) is 0 Å². The van der Waals surface area contributed by atoms with Gasteiger partial charge in [-0.05, 0) is 97.0 Å². The summed E-state index contributed by atoms with van der Waals surface area (Å²) in [6, 6.07) is 0. The fourth-order valence-corrected chi connectivity index (χ4v) is 6.84. The maximum absolute atomic E-state index is 6.48. The monoisotopic (exact) mass is 684 g/mol. The molecule has 39 heavy (non-hydrogen) atoms. The molecule has 0 bridgehead atoms. The zero-order valence-electron chi connectivity index (χ0n) is 26.3. The van der Waals surface area contributed by atoms with Crippen LogP contribution in [0.3, 0.4) is 0 Å². The number of hydrogen-bond acceptors (Lipinski definition) is 2. The Balaban J connectivity index is 0.000000688. The van der Waals surface area contributed by atoms with Gasteiger partial charge in [0.15, 0.2) is 0 Å². The van der Waals surface area contributed by atoms with Crippen molar-refractivity contribution < 1.29 is 59.9 Å². The Labute approximate surface area is 274 Å². The molecule has 0 N–H and O–H groups in total. The van der Waals surface area contributed by atoms with E-state index < -0.39 is 16.6 Å². The Morgan fingerprint density at radius 2 is 0.821 bits per heavy atom. The first-order valence-corrected chi connectivity index (χ1v) is 19.9. The summed E-state index contributed by atoms with van der Waals surface area (Å²) < 4.78 is 13.0. The van der Waals surface area contributed by atoms with Crippen molar-refractivity contribution in [1.82, 2.24) is 0 Å². The fraction of sp³-hybridized carbons (Fsp3) is 0.625. The molecule has 0 saturated carbocycles. The molecule has 4 aliphatic rings. The number of halogens is 2. The summed E-state index contributed by atoms with van der Waals surface area (Å²) in [5.41, 5.74) is 8.23. The van der Waals surface area contributed by atoms with Gasteiger partial charge in [0.05, 0.1) is 11.5 Å². The topological polar surface area (TPSA) is 18.5 Å². The zero-order chi connectivity index (χ0) is 27.1. The van der Waals surface area contributed by atoms with E-state index in [1.807, 2.05) is 0 Å². The van der Waals surface area contributed by atoms with Crippen LogP contribution >= 0.6 is 0 Å². The molecule has 0 aromatic heterocycles. The number of allylic oxidation sites excluding steroid dienone is 8. The second kappa shape index (κ2) is 14.4. The van der Waals surface area contributed by atoms with Gasteiger partial charge in [0, 0.05) is 16.6 Å². The molecule has 0 aromatic carbocycles. The van der Waals surface area contributed by atoms with Gasteiger partial charge in [-0.25, -0.2) is 0 Å². The van der Waals surface area contributed by atoms with Crippen LogP contribution in [0.25, 0.3) is 0 Å². The third-order valence-corrected chi connectivity index (χ3v) is 17.9. The average molecular weight is 687 g/mol. The molecular formula is C32H52Cl2O2Si2Zr-2. The van der Waals surface area contributed by atoms with Crippen molar-refractivity contribution in [2.24, 2.45) is 0 Å². The molecule has 220 valence electrons. The standard InChI is InChI=1S/2C16H26OSi.2ClH.Zr/c2*1-12-11-15(14-10-8-7-9-13(12)14)17-18(5,6)16(2,3)4;;;/h2*11H,1,7-10H2,2-6H3;2*1H;/q2*-1;;;+2/p-2. The van der Waals surface area contributed by atoms with Gasteiger partial charge in [0.25, 0.3) is 0 Å². The van der Waals surface area contributed by atoms with Crippen LogP contribution in [0.5, 0.6) is 0 Å². The van der Waals surface area contributed by atoms with Crippen molar-refractivity contribution in [2.75, 3.05) is 0 Å². The molecule has 0 heterocycles. The molecule has 2 nitrogen and oxygen atoms in total. The van der Waals surface area contributed by atoms with Crippen LogP contribution in [0.1, 0.15) is 92.9 Å². The van der Waals surface area contributed by atoms with Crippen LogP contribution in [-0.2, 0) is 35.1 Å². The molecule has 0 aromatic rings. The summed E-state index contributed by atoms with van der Waals surface area (Å²) >= 11 is 0. The zero-order valence-corrected chi connectivity index (χ0v) is 32.3. The van der Waals surface area contributed by atoms with E-state index >= 15 is 0 Å². The summed E-state index contributed by atoms with van der Waals surface area (Å²) in [7, 11) is -3.44. The van der Waals surface area contributed by atoms with Crippen LogP contribution in [0, 0.1) is 0 Å². The van der Waals surface area contributed by atoms with Crippen LogP contribution in [0.2, 0.25) is 36.3 Å². The van der Waals surface area contributed by atoms with Crippen molar-refractivity contribution in [1.29, 1.82) is 0 Å². The fourth-order valence-electron chi connectivity index (χ4n) is 4.77. The Morgan fingerprint density at radius 1 is 0.564 bits per heavy atom. The van der Waals surface area contributed by atoms with Gasteiger partial charge in [0.2, 0.25) is 0 Å². The Morgan fingerprint density at radius 3 is 1.08 bits per heavy atom. The predicted octanol–water partition coefficient (Wildman–Crippen LogP) is 4.67. The van der Waals surface area contributed by atoms with Gasteiger partial charge >= 0.3 is 26.2 Å². The smallest absolute Gasteiger partial charge is 1.00 e. The van der Waals surface area contributed by atoms with E-state index in [4.69, 9.17) is 8.85 Å². The van der Waals surface area contributed by atoms with Crippen LogP contribution in [-0.4, -0.2) is 16.6 Å². The van der Waals surface area contributed by atoms with Crippen molar-refractivity contribution in [3.63, 3.8) is 0 Å². The van der Waals surface area contributed by atoms with E-state index in [2.05, 4.69) is 93.0 Å². The summed E-state index contributed by atoms with van der Waals surface area (Å²) in [5.74, 6) is 2.28. The first kappa shape index (κ1) is 38.9. The SMILES string of the molecule is C=C1C=C(O[Si-](C)(C)C(C)(C)C)C2=C1CCCC2.C=C1C=C(O[Si-](C)(C)C(C)(C)C)C2=C1CCCC2.[Cl-].[Cl-].[Zr+2]. The third-order valence-electron chi connectivity index (χ3n) is 9.26. The first-order chi connectivity index (χ1) is 16.4. The normalized spacial score (nSPS) is 19.3. The maximum Gasteiger partial charge on any atom is 2.00 e. The van der Waals surface area contributed by atoms with Gasteiger partial charge in [-0.1, -0.05) is 54.7 Å². The van der Waals surface area contributed by atoms with E-state index in [1.54, 1.807) is 0 Å². The van der Waals surface area contributed by atoms with Crippen molar-refractivity contribution >= 4 is 16.6 Å². The molecule has 4 aliphatic carbocycles. The van der Waals surface area contributed by atoms with Crippen LogP contribution in [0.15, 0.2) is 70.3 Å². The predicted molar refractivity (Wildman–Crippen MR) is 162 cm³/mol. The van der Waals surface area contributed by atoms with E-state index in [-0.39, 0.29) is 61.1 Å². The van der Waals surface area contributed by atoms with Gasteiger partial charge in [0.1, 0.15) is 0 Å². The minimum atomic E-state index is -1.72. The van der Waals surface area contributed by atoms with Gasteiger partial charge in [-0.3, -0.25) is 0 Å². The molecule has 0 amide bonds. The molecule has 4 rings (SSSR count). The quantitative estimate of drug-likeness (QED) is 0.401. The maximum atomic E-state index is 6.48. The second-order valence-electron chi connectivity index (χ2n) is 14.1. The van der Waals surface area contributed by atoms with Crippen molar-refractivity contribution in [2.45, 2.75) is 129 Å². The Hall–Kier alpha value is -0.0631. The Kier molecular flexibility index (Phi) is 14.4. The van der Waals surface area contributed by atoms with Gasteiger partial charge in [-0.15, -0.1) is 36.3 Å². The molecule has 0 aliphatic heterocycles. The van der Waals surface area contributed by atoms with E-state index in [0.29, 0.717) is 0 Å². The summed E-state index contributed by atoms with van der Waals surface area (Å²) in [4.78, 5) is 0. The molecule has 0 fully saturated rings. The number of hydrogen-bond donors (Lipinski definition) is 0. The van der Waals surface area contributed by atoms with E-state index in [0.717, 1.165) is 11.5 Å². The molecular weight excluding hydrogens is 635 g/mol. The number of rotatable bonds is 4. The largest absolute Gasteiger partial charge is 2.00 e. The van der Waals surface area contributed by atoms with Crippen molar-refractivity contribution in [3.8, 4) is 0 Å². The molecule has 7 heteroatoms. The minimum Gasteiger partial charge on any atom is -1.00 e. The molecule has 0 saturated heterocycles. The Bertz CT molecular complexity index is 967. The third kappa shape index (κ3) is 8.96. The van der Waals surface area contributed by atoms with Gasteiger partial charge in [-0.2, -0.15) is 0 Å². The first-order valence-electron chi connectivity index (χ1n) is 14.1. The summed E-state index contributed by atoms with van der Waals surface area (Å²) in [5, 5.41) is 0.514. The summed E-state index contributed by atoms with van der Waals surface area (Å²) in [6.45, 7) is 31.4. The molecule has 0 atom stereocenters. The van der Waals surface area contributed by atoms with E-state index in [9.17, 15) is 0 Å². The molecule has 0 unspecified atom stereocenters. The average Bonchev–Trinajstić information content (AvgIpc) is 3.23. The minimum absolute atomic E-state index is 0. The second-order valence-corrected chi connectivity index (χ2v) is 23.6. The summed E-state index contributed by atoms with van der Waals surface area (Å²) in [6.07, 6.45) is 14.3. The van der Waals surface area contributed by atoms with E-state index in [1.165, 1.54) is 84.8 Å². The van der Waals surface area contributed by atoms with Crippen molar-refractivity contribution in [3.05, 3.63) is 70.3 Å². The van der Waals surface area contributed by atoms with Crippen LogP contribution < -0.4 is 24.8 Å². The molecule has 0 radical (unpaired) electrons. The van der Waals surface area contributed by atoms with Gasteiger partial charge < -0.3 is 33.7 Å².